The van der Waals surface area contributed by atoms with Crippen molar-refractivity contribution in [2.24, 2.45) is 11.8 Å². The van der Waals surface area contributed by atoms with Gasteiger partial charge in [0.05, 0.1) is 7.11 Å². The SMILES string of the molecule is COc1ccc2c(c1)CC(C)[C@H](C1CC1)N2C. The Bertz CT molecular complexity index is 425. The summed E-state index contributed by atoms with van der Waals surface area (Å²) in [5, 5.41) is 0. The van der Waals surface area contributed by atoms with Crippen LogP contribution in [0.25, 0.3) is 0 Å². The van der Waals surface area contributed by atoms with Crippen molar-refractivity contribution in [1.29, 1.82) is 0 Å². The van der Waals surface area contributed by atoms with E-state index in [1.807, 2.05) is 0 Å². The van der Waals surface area contributed by atoms with E-state index in [1.54, 1.807) is 7.11 Å². The maximum absolute atomic E-state index is 5.32. The number of hydrogen-bond donors (Lipinski definition) is 0. The van der Waals surface area contributed by atoms with Gasteiger partial charge in [0.15, 0.2) is 0 Å². The van der Waals surface area contributed by atoms with E-state index in [0.29, 0.717) is 0 Å². The third-order valence-corrected chi connectivity index (χ3v) is 4.34. The van der Waals surface area contributed by atoms with Crippen molar-refractivity contribution in [3.63, 3.8) is 0 Å². The van der Waals surface area contributed by atoms with Crippen LogP contribution in [0.3, 0.4) is 0 Å². The van der Waals surface area contributed by atoms with Crippen LogP contribution >= 0.6 is 0 Å². The van der Waals surface area contributed by atoms with Crippen LogP contribution in [0.5, 0.6) is 5.75 Å². The largest absolute Gasteiger partial charge is 0.497 e. The van der Waals surface area contributed by atoms with E-state index in [0.717, 1.165) is 23.6 Å². The van der Waals surface area contributed by atoms with Gasteiger partial charge >= 0.3 is 0 Å². The Labute approximate surface area is 104 Å². The van der Waals surface area contributed by atoms with Crippen LogP contribution < -0.4 is 9.64 Å². The molecule has 0 amide bonds. The molecule has 1 fully saturated rings. The predicted molar refractivity (Wildman–Crippen MR) is 70.8 cm³/mol. The molecule has 0 bridgehead atoms. The van der Waals surface area contributed by atoms with Crippen LogP contribution in [0.1, 0.15) is 25.3 Å². The van der Waals surface area contributed by atoms with Crippen molar-refractivity contribution in [3.8, 4) is 5.75 Å². The Kier molecular flexibility index (Phi) is 2.53. The average Bonchev–Trinajstić information content (AvgIpc) is 3.12. The van der Waals surface area contributed by atoms with Gasteiger partial charge in [0.1, 0.15) is 5.75 Å². The highest BCUT2D eigenvalue weighted by molar-refractivity contribution is 5.59. The number of methoxy groups -OCH3 is 1. The molecule has 2 heteroatoms. The van der Waals surface area contributed by atoms with E-state index in [9.17, 15) is 0 Å². The van der Waals surface area contributed by atoms with Gasteiger partial charge in [-0.05, 0) is 54.9 Å². The summed E-state index contributed by atoms with van der Waals surface area (Å²) in [4.78, 5) is 2.50. The van der Waals surface area contributed by atoms with Gasteiger partial charge in [-0.2, -0.15) is 0 Å². The second-order valence-electron chi connectivity index (χ2n) is 5.61. The maximum atomic E-state index is 5.32. The molecule has 0 spiro atoms. The molecule has 92 valence electrons. The molecule has 0 saturated heterocycles. The summed E-state index contributed by atoms with van der Waals surface area (Å²) in [5.74, 6) is 2.67. The maximum Gasteiger partial charge on any atom is 0.119 e. The van der Waals surface area contributed by atoms with E-state index in [1.165, 1.54) is 30.5 Å². The molecule has 2 aliphatic rings. The zero-order chi connectivity index (χ0) is 12.0. The van der Waals surface area contributed by atoms with Crippen LogP contribution in [0.15, 0.2) is 18.2 Å². The Morgan fingerprint density at radius 2 is 2.06 bits per heavy atom. The van der Waals surface area contributed by atoms with Crippen LogP contribution in [-0.2, 0) is 6.42 Å². The number of nitrogens with zero attached hydrogens (tertiary/aromatic N) is 1. The van der Waals surface area contributed by atoms with Crippen LogP contribution in [0.2, 0.25) is 0 Å². The van der Waals surface area contributed by atoms with Gasteiger partial charge in [0, 0.05) is 18.8 Å². The Morgan fingerprint density at radius 3 is 2.71 bits per heavy atom. The first-order valence-corrected chi connectivity index (χ1v) is 6.60. The molecule has 3 rings (SSSR count). The van der Waals surface area contributed by atoms with E-state index < -0.39 is 0 Å². The Hall–Kier alpha value is -1.18. The van der Waals surface area contributed by atoms with Crippen molar-refractivity contribution in [2.75, 3.05) is 19.1 Å². The number of benzene rings is 1. The zero-order valence-electron chi connectivity index (χ0n) is 10.9. The third kappa shape index (κ3) is 1.80. The van der Waals surface area contributed by atoms with Crippen molar-refractivity contribution in [3.05, 3.63) is 23.8 Å². The first kappa shape index (κ1) is 10.9. The number of hydrogen-bond acceptors (Lipinski definition) is 2. The second kappa shape index (κ2) is 3.94. The summed E-state index contributed by atoms with van der Waals surface area (Å²) in [5.41, 5.74) is 2.84. The molecule has 1 saturated carbocycles. The molecular weight excluding hydrogens is 210 g/mol. The van der Waals surface area contributed by atoms with Crippen molar-refractivity contribution in [1.82, 2.24) is 0 Å². The highest BCUT2D eigenvalue weighted by atomic mass is 16.5. The summed E-state index contributed by atoms with van der Waals surface area (Å²) < 4.78 is 5.32. The van der Waals surface area contributed by atoms with Gasteiger partial charge in [-0.1, -0.05) is 6.92 Å². The highest BCUT2D eigenvalue weighted by Gasteiger charge is 2.40. The predicted octanol–water partition coefficient (Wildman–Crippen LogP) is 3.10. The lowest BCUT2D eigenvalue weighted by Gasteiger charge is -2.41. The molecule has 1 aliphatic carbocycles. The molecule has 2 nitrogen and oxygen atoms in total. The molecule has 1 aromatic rings. The minimum absolute atomic E-state index is 0.746. The fourth-order valence-corrected chi connectivity index (χ4v) is 3.42. The van der Waals surface area contributed by atoms with E-state index >= 15 is 0 Å². The average molecular weight is 231 g/mol. The molecule has 2 atom stereocenters. The second-order valence-corrected chi connectivity index (χ2v) is 5.61. The molecule has 0 aromatic heterocycles. The van der Waals surface area contributed by atoms with Crippen molar-refractivity contribution >= 4 is 5.69 Å². The van der Waals surface area contributed by atoms with Gasteiger partial charge in [0.25, 0.3) is 0 Å². The number of rotatable bonds is 2. The lowest BCUT2D eigenvalue weighted by molar-refractivity contribution is 0.377. The number of ether oxygens (including phenoxy) is 1. The smallest absolute Gasteiger partial charge is 0.119 e. The molecule has 1 aliphatic heterocycles. The fourth-order valence-electron chi connectivity index (χ4n) is 3.42. The number of fused-ring (bicyclic) bond motifs is 1. The molecule has 1 aromatic carbocycles. The summed E-state index contributed by atoms with van der Waals surface area (Å²) in [6.07, 6.45) is 4.04. The summed E-state index contributed by atoms with van der Waals surface area (Å²) in [6, 6.07) is 7.24. The minimum Gasteiger partial charge on any atom is -0.497 e. The lowest BCUT2D eigenvalue weighted by Crippen LogP contribution is -2.43. The van der Waals surface area contributed by atoms with Crippen LogP contribution in [0, 0.1) is 11.8 Å². The Morgan fingerprint density at radius 1 is 1.29 bits per heavy atom. The van der Waals surface area contributed by atoms with Gasteiger partial charge in [0.2, 0.25) is 0 Å². The van der Waals surface area contributed by atoms with Crippen molar-refractivity contribution in [2.45, 2.75) is 32.2 Å². The van der Waals surface area contributed by atoms with Gasteiger partial charge in [-0.15, -0.1) is 0 Å². The van der Waals surface area contributed by atoms with Gasteiger partial charge < -0.3 is 9.64 Å². The quantitative estimate of drug-likeness (QED) is 0.775. The molecule has 17 heavy (non-hydrogen) atoms. The molecule has 0 radical (unpaired) electrons. The fraction of sp³-hybridized carbons (Fsp3) is 0.600. The zero-order valence-corrected chi connectivity index (χ0v) is 10.9. The first-order chi connectivity index (χ1) is 8.20. The summed E-state index contributed by atoms with van der Waals surface area (Å²) in [7, 11) is 3.99. The van der Waals surface area contributed by atoms with E-state index in [2.05, 4.69) is 37.1 Å². The topological polar surface area (TPSA) is 12.5 Å². The lowest BCUT2D eigenvalue weighted by atomic mass is 9.84. The van der Waals surface area contributed by atoms with Crippen molar-refractivity contribution < 1.29 is 4.74 Å². The molecular formula is C15H21NO. The third-order valence-electron chi connectivity index (χ3n) is 4.34. The van der Waals surface area contributed by atoms with Crippen LogP contribution in [0.4, 0.5) is 5.69 Å². The first-order valence-electron chi connectivity index (χ1n) is 6.60. The Balaban J connectivity index is 1.96. The van der Waals surface area contributed by atoms with E-state index in [-0.39, 0.29) is 0 Å². The monoisotopic (exact) mass is 231 g/mol. The molecule has 0 N–H and O–H groups in total. The van der Waals surface area contributed by atoms with Crippen LogP contribution in [-0.4, -0.2) is 20.2 Å². The van der Waals surface area contributed by atoms with Gasteiger partial charge in [-0.3, -0.25) is 0 Å². The number of anilines is 1. The van der Waals surface area contributed by atoms with Gasteiger partial charge in [-0.25, -0.2) is 0 Å². The normalized spacial score (nSPS) is 27.8. The summed E-state index contributed by atoms with van der Waals surface area (Å²) in [6.45, 7) is 2.39. The molecule has 1 unspecified atom stereocenters. The molecule has 1 heterocycles. The highest BCUT2D eigenvalue weighted by Crippen LogP contribution is 2.44. The minimum atomic E-state index is 0.746. The standard InChI is InChI=1S/C15H21NO/c1-10-8-12-9-13(17-3)6-7-14(12)16(2)15(10)11-4-5-11/h6-7,9-11,15H,4-5,8H2,1-3H3/t10?,15-/m1/s1. The summed E-state index contributed by atoms with van der Waals surface area (Å²) >= 11 is 0. The van der Waals surface area contributed by atoms with E-state index in [4.69, 9.17) is 4.74 Å².